The summed E-state index contributed by atoms with van der Waals surface area (Å²) in [7, 11) is 0. The van der Waals surface area contributed by atoms with Crippen LogP contribution in [0.25, 0.3) is 11.0 Å². The summed E-state index contributed by atoms with van der Waals surface area (Å²) in [5.74, 6) is 0.571. The van der Waals surface area contributed by atoms with Gasteiger partial charge < -0.3 is 9.73 Å². The molecule has 114 valence electrons. The van der Waals surface area contributed by atoms with Crippen LogP contribution in [-0.4, -0.2) is 20.7 Å². The fourth-order valence-electron chi connectivity index (χ4n) is 2.55. The molecule has 3 heterocycles. The van der Waals surface area contributed by atoms with E-state index in [2.05, 4.69) is 15.4 Å². The Hall–Kier alpha value is -2.63. The normalized spacial score (nSPS) is 11.0. The average molecular weight is 298 g/mol. The van der Waals surface area contributed by atoms with Crippen LogP contribution in [0.15, 0.2) is 28.9 Å². The Labute approximate surface area is 128 Å². The highest BCUT2D eigenvalue weighted by molar-refractivity contribution is 6.06. The molecule has 0 radical (unpaired) electrons. The van der Waals surface area contributed by atoms with Crippen molar-refractivity contribution >= 4 is 16.9 Å². The summed E-state index contributed by atoms with van der Waals surface area (Å²) < 4.78 is 7.05. The maximum absolute atomic E-state index is 12.5. The third-order valence-electron chi connectivity index (χ3n) is 3.55. The molecule has 0 aliphatic heterocycles. The van der Waals surface area contributed by atoms with Crippen LogP contribution in [-0.2, 0) is 13.1 Å². The fraction of sp³-hybridized carbons (Fsp3) is 0.312. The molecule has 0 fully saturated rings. The van der Waals surface area contributed by atoms with Crippen LogP contribution in [0.5, 0.6) is 0 Å². The molecule has 0 atom stereocenters. The van der Waals surface area contributed by atoms with E-state index in [1.54, 1.807) is 18.4 Å². The largest absolute Gasteiger partial charge is 0.467 e. The van der Waals surface area contributed by atoms with E-state index in [4.69, 9.17) is 4.42 Å². The number of hydrogen-bond acceptors (Lipinski definition) is 4. The first-order chi connectivity index (χ1) is 10.6. The molecule has 0 saturated heterocycles. The lowest BCUT2D eigenvalue weighted by Crippen LogP contribution is -2.23. The van der Waals surface area contributed by atoms with Crippen molar-refractivity contribution in [2.75, 3.05) is 0 Å². The molecule has 0 spiro atoms. The molecule has 0 aromatic carbocycles. The lowest BCUT2D eigenvalue weighted by Gasteiger charge is -2.07. The Morgan fingerprint density at radius 1 is 1.41 bits per heavy atom. The molecule has 6 heteroatoms. The van der Waals surface area contributed by atoms with Crippen LogP contribution in [0.3, 0.4) is 0 Å². The molecule has 0 aliphatic carbocycles. The maximum atomic E-state index is 12.5. The standard InChI is InChI=1S/C16H18N4O2/c1-4-20-15-14(11(3)19-20)13(8-10(2)18-15)16(21)17-9-12-6-5-7-22-12/h5-8H,4,9H2,1-3H3,(H,17,21). The van der Waals surface area contributed by atoms with Gasteiger partial charge in [0.1, 0.15) is 5.76 Å². The molecule has 1 amide bonds. The van der Waals surface area contributed by atoms with Crippen LogP contribution >= 0.6 is 0 Å². The van der Waals surface area contributed by atoms with Crippen LogP contribution in [0.4, 0.5) is 0 Å². The number of amides is 1. The van der Waals surface area contributed by atoms with Gasteiger partial charge in [0.2, 0.25) is 0 Å². The van der Waals surface area contributed by atoms with E-state index in [0.717, 1.165) is 28.2 Å². The quantitative estimate of drug-likeness (QED) is 0.803. The van der Waals surface area contributed by atoms with Gasteiger partial charge in [0.05, 0.1) is 29.5 Å². The monoisotopic (exact) mass is 298 g/mol. The average Bonchev–Trinajstić information content (AvgIpc) is 3.12. The number of hydrogen-bond donors (Lipinski definition) is 1. The second kappa shape index (κ2) is 5.63. The summed E-state index contributed by atoms with van der Waals surface area (Å²) in [6, 6.07) is 5.42. The van der Waals surface area contributed by atoms with E-state index in [9.17, 15) is 4.79 Å². The summed E-state index contributed by atoms with van der Waals surface area (Å²) >= 11 is 0. The molecule has 0 unspecified atom stereocenters. The number of nitrogens with one attached hydrogen (secondary N) is 1. The molecule has 3 aromatic rings. The van der Waals surface area contributed by atoms with Gasteiger partial charge in [-0.05, 0) is 39.0 Å². The second-order valence-electron chi connectivity index (χ2n) is 5.17. The molecule has 6 nitrogen and oxygen atoms in total. The first-order valence-corrected chi connectivity index (χ1v) is 7.25. The predicted octanol–water partition coefficient (Wildman–Crippen LogP) is 2.59. The van der Waals surface area contributed by atoms with Crippen LogP contribution in [0.1, 0.15) is 34.4 Å². The molecular formula is C16H18N4O2. The predicted molar refractivity (Wildman–Crippen MR) is 82.6 cm³/mol. The SMILES string of the molecule is CCn1nc(C)c2c(C(=O)NCc3ccco3)cc(C)nc21. The van der Waals surface area contributed by atoms with Gasteiger partial charge >= 0.3 is 0 Å². The summed E-state index contributed by atoms with van der Waals surface area (Å²) in [6.07, 6.45) is 1.59. The van der Waals surface area contributed by atoms with Crippen molar-refractivity contribution in [3.63, 3.8) is 0 Å². The summed E-state index contributed by atoms with van der Waals surface area (Å²) in [4.78, 5) is 17.1. The van der Waals surface area contributed by atoms with E-state index in [1.807, 2.05) is 31.5 Å². The van der Waals surface area contributed by atoms with Gasteiger partial charge in [0, 0.05) is 12.2 Å². The Bertz CT molecular complexity index is 818. The molecule has 0 aliphatic rings. The number of nitrogens with zero attached hydrogens (tertiary/aromatic N) is 3. The van der Waals surface area contributed by atoms with E-state index in [0.29, 0.717) is 18.7 Å². The molecule has 1 N–H and O–H groups in total. The van der Waals surface area contributed by atoms with Gasteiger partial charge in [0.25, 0.3) is 5.91 Å². The number of aryl methyl sites for hydroxylation is 3. The van der Waals surface area contributed by atoms with Crippen molar-refractivity contribution in [2.24, 2.45) is 0 Å². The van der Waals surface area contributed by atoms with Gasteiger partial charge in [-0.1, -0.05) is 0 Å². The second-order valence-corrected chi connectivity index (χ2v) is 5.17. The zero-order valence-electron chi connectivity index (χ0n) is 12.9. The van der Waals surface area contributed by atoms with Gasteiger partial charge in [0.15, 0.2) is 5.65 Å². The van der Waals surface area contributed by atoms with E-state index < -0.39 is 0 Å². The summed E-state index contributed by atoms with van der Waals surface area (Å²) in [6.45, 7) is 6.86. The van der Waals surface area contributed by atoms with Gasteiger partial charge in [-0.3, -0.25) is 4.79 Å². The Morgan fingerprint density at radius 3 is 2.91 bits per heavy atom. The summed E-state index contributed by atoms with van der Waals surface area (Å²) in [5.41, 5.74) is 2.96. The zero-order valence-corrected chi connectivity index (χ0v) is 12.9. The minimum absolute atomic E-state index is 0.148. The van der Waals surface area contributed by atoms with E-state index in [-0.39, 0.29) is 5.91 Å². The number of carbonyl (C=O) groups is 1. The van der Waals surface area contributed by atoms with Crippen molar-refractivity contribution < 1.29 is 9.21 Å². The van der Waals surface area contributed by atoms with Gasteiger partial charge in [-0.15, -0.1) is 0 Å². The fourth-order valence-corrected chi connectivity index (χ4v) is 2.55. The molecule has 22 heavy (non-hydrogen) atoms. The Kier molecular flexibility index (Phi) is 3.66. The third-order valence-corrected chi connectivity index (χ3v) is 3.55. The lowest BCUT2D eigenvalue weighted by molar-refractivity contribution is 0.0949. The minimum Gasteiger partial charge on any atom is -0.467 e. The first kappa shape index (κ1) is 14.3. The number of fused-ring (bicyclic) bond motifs is 1. The molecular weight excluding hydrogens is 280 g/mol. The lowest BCUT2D eigenvalue weighted by atomic mass is 10.1. The smallest absolute Gasteiger partial charge is 0.252 e. The zero-order chi connectivity index (χ0) is 15.7. The van der Waals surface area contributed by atoms with Gasteiger partial charge in [-0.25, -0.2) is 9.67 Å². The van der Waals surface area contributed by atoms with E-state index >= 15 is 0 Å². The van der Waals surface area contributed by atoms with E-state index in [1.165, 1.54) is 0 Å². The van der Waals surface area contributed by atoms with Crippen molar-refractivity contribution in [2.45, 2.75) is 33.9 Å². The topological polar surface area (TPSA) is 73.0 Å². The Balaban J connectivity index is 1.98. The maximum Gasteiger partial charge on any atom is 0.252 e. The van der Waals surface area contributed by atoms with Crippen molar-refractivity contribution in [1.82, 2.24) is 20.1 Å². The number of pyridine rings is 1. The van der Waals surface area contributed by atoms with Crippen molar-refractivity contribution in [1.29, 1.82) is 0 Å². The molecule has 0 saturated carbocycles. The number of carbonyl (C=O) groups excluding carboxylic acids is 1. The highest BCUT2D eigenvalue weighted by Gasteiger charge is 2.18. The summed E-state index contributed by atoms with van der Waals surface area (Å²) in [5, 5.41) is 8.15. The first-order valence-electron chi connectivity index (χ1n) is 7.25. The number of furan rings is 1. The van der Waals surface area contributed by atoms with Crippen molar-refractivity contribution in [3.8, 4) is 0 Å². The highest BCUT2D eigenvalue weighted by atomic mass is 16.3. The van der Waals surface area contributed by atoms with Crippen LogP contribution in [0.2, 0.25) is 0 Å². The molecule has 3 rings (SSSR count). The Morgan fingerprint density at radius 2 is 2.23 bits per heavy atom. The van der Waals surface area contributed by atoms with Crippen LogP contribution in [0, 0.1) is 13.8 Å². The van der Waals surface area contributed by atoms with Crippen molar-refractivity contribution in [3.05, 3.63) is 47.2 Å². The number of rotatable bonds is 4. The molecule has 3 aromatic heterocycles. The van der Waals surface area contributed by atoms with Gasteiger partial charge in [-0.2, -0.15) is 5.10 Å². The number of aromatic nitrogens is 3. The molecule has 0 bridgehead atoms. The highest BCUT2D eigenvalue weighted by Crippen LogP contribution is 2.22. The minimum atomic E-state index is -0.148. The third kappa shape index (κ3) is 2.47. The van der Waals surface area contributed by atoms with Crippen LogP contribution < -0.4 is 5.32 Å².